The summed E-state index contributed by atoms with van der Waals surface area (Å²) in [7, 11) is 3.22. The maximum atomic E-state index is 2.51. The molecule has 0 N–H and O–H groups in total. The molecule has 134 valence electrons. The van der Waals surface area contributed by atoms with Crippen molar-refractivity contribution in [3.8, 4) is 0 Å². The van der Waals surface area contributed by atoms with E-state index in [-0.39, 0.29) is 0 Å². The van der Waals surface area contributed by atoms with Gasteiger partial charge in [-0.3, -0.25) is 0 Å². The van der Waals surface area contributed by atoms with Gasteiger partial charge in [0.2, 0.25) is 0 Å². The number of rotatable bonds is 6. The van der Waals surface area contributed by atoms with Crippen LogP contribution in [0.25, 0.3) is 0 Å². The molecule has 0 radical (unpaired) electrons. The van der Waals surface area contributed by atoms with Crippen LogP contribution in [0.4, 0.5) is 0 Å². The first-order valence-corrected chi connectivity index (χ1v) is 11.7. The Morgan fingerprint density at radius 2 is 1.42 bits per heavy atom. The molecular formula is C22H40B2. The number of fused-ring (bicyclic) bond motifs is 4. The first kappa shape index (κ1) is 17.5. The largest absolute Gasteiger partial charge is 0.131 e. The summed E-state index contributed by atoms with van der Waals surface area (Å²) in [6.45, 7) is 2.51. The summed E-state index contributed by atoms with van der Waals surface area (Å²) in [5, 5.41) is 1.59. The molecule has 4 aliphatic heterocycles. The van der Waals surface area contributed by atoms with Crippen molar-refractivity contribution in [2.45, 2.75) is 132 Å². The molecule has 4 saturated heterocycles. The van der Waals surface area contributed by atoms with Gasteiger partial charge in [-0.2, -0.15) is 0 Å². The van der Waals surface area contributed by atoms with E-state index in [2.05, 4.69) is 6.92 Å². The molecule has 0 amide bonds. The summed E-state index contributed by atoms with van der Waals surface area (Å²) >= 11 is 0. The predicted molar refractivity (Wildman–Crippen MR) is 110 cm³/mol. The Hall–Kier alpha value is 0.130. The van der Waals surface area contributed by atoms with Crippen molar-refractivity contribution in [1.82, 2.24) is 0 Å². The van der Waals surface area contributed by atoms with Crippen LogP contribution in [0.1, 0.15) is 110 Å². The van der Waals surface area contributed by atoms with Gasteiger partial charge in [0.25, 0.3) is 0 Å². The smallest absolute Gasteiger partial charge is 0.0651 e. The molecule has 0 aromatic carbocycles. The first-order chi connectivity index (χ1) is 11.7. The minimum atomic E-state index is 0.787. The first-order valence-electron chi connectivity index (χ1n) is 11.7. The van der Waals surface area contributed by atoms with Crippen molar-refractivity contribution in [2.24, 2.45) is 5.92 Å². The van der Waals surface area contributed by atoms with Crippen LogP contribution in [0.15, 0.2) is 0 Å². The summed E-state index contributed by atoms with van der Waals surface area (Å²) in [6, 6.07) is 0. The van der Waals surface area contributed by atoms with Crippen LogP contribution in [-0.2, 0) is 0 Å². The molecule has 4 rings (SSSR count). The monoisotopic (exact) mass is 326 g/mol. The van der Waals surface area contributed by atoms with Gasteiger partial charge in [-0.1, -0.05) is 132 Å². The summed E-state index contributed by atoms with van der Waals surface area (Å²) in [6.07, 6.45) is 24.9. The Kier molecular flexibility index (Phi) is 5.41. The lowest BCUT2D eigenvalue weighted by Gasteiger charge is -2.50. The highest BCUT2D eigenvalue weighted by molar-refractivity contribution is 6.43. The normalized spacial score (nSPS) is 42.7. The second-order valence-corrected chi connectivity index (χ2v) is 10.6. The maximum Gasteiger partial charge on any atom is 0.131 e. The van der Waals surface area contributed by atoms with Gasteiger partial charge in [0.15, 0.2) is 0 Å². The quantitative estimate of drug-likeness (QED) is 0.477. The lowest BCUT2D eigenvalue weighted by atomic mass is 9.32. The Bertz CT molecular complexity index is 398. The molecule has 4 aliphatic rings. The molecule has 0 nitrogen and oxygen atoms in total. The van der Waals surface area contributed by atoms with Crippen molar-refractivity contribution in [1.29, 1.82) is 0 Å². The SMILES string of the molecule is CCC(CCCC12BC(CCC1)CCC2)C12BC(CCC1)CCC2. The summed E-state index contributed by atoms with van der Waals surface area (Å²) in [5.74, 6) is 3.28. The highest BCUT2D eigenvalue weighted by Gasteiger charge is 2.45. The summed E-state index contributed by atoms with van der Waals surface area (Å²) < 4.78 is 0. The third-order valence-corrected chi connectivity index (χ3v) is 9.25. The van der Waals surface area contributed by atoms with Gasteiger partial charge < -0.3 is 0 Å². The molecule has 1 atom stereocenters. The van der Waals surface area contributed by atoms with Crippen molar-refractivity contribution in [3.05, 3.63) is 0 Å². The molecule has 0 aromatic rings. The molecule has 0 aliphatic carbocycles. The van der Waals surface area contributed by atoms with Gasteiger partial charge in [0.05, 0.1) is 0 Å². The molecule has 4 fully saturated rings. The molecule has 4 heterocycles. The Labute approximate surface area is 152 Å². The molecule has 4 bridgehead atoms. The standard InChI is InChI=1S/C22H40B2/c1-2-18(22-16-6-11-20(24-22)12-7-17-22)8-3-13-21-14-4-9-19(23-21)10-5-15-21/h18-20,23-24H,2-17H2,1H3. The van der Waals surface area contributed by atoms with E-state index in [4.69, 9.17) is 0 Å². The zero-order valence-electron chi connectivity index (χ0n) is 16.5. The zero-order chi connectivity index (χ0) is 16.5. The molecule has 2 heteroatoms. The van der Waals surface area contributed by atoms with E-state index in [1.165, 1.54) is 6.42 Å². The summed E-state index contributed by atoms with van der Waals surface area (Å²) in [5.41, 5.74) is 0. The molecule has 1 unspecified atom stereocenters. The van der Waals surface area contributed by atoms with E-state index in [0.29, 0.717) is 0 Å². The van der Waals surface area contributed by atoms with E-state index in [0.717, 1.165) is 28.2 Å². The number of hydrogen-bond acceptors (Lipinski definition) is 0. The van der Waals surface area contributed by atoms with Gasteiger partial charge in [0, 0.05) is 0 Å². The van der Waals surface area contributed by atoms with Crippen LogP contribution in [0, 0.1) is 5.92 Å². The van der Waals surface area contributed by atoms with Crippen molar-refractivity contribution < 1.29 is 0 Å². The van der Waals surface area contributed by atoms with Gasteiger partial charge in [0.1, 0.15) is 14.6 Å². The fraction of sp³-hybridized carbons (Fsp3) is 1.00. The summed E-state index contributed by atoms with van der Waals surface area (Å²) in [4.78, 5) is 0. The second-order valence-electron chi connectivity index (χ2n) is 10.6. The average molecular weight is 326 g/mol. The van der Waals surface area contributed by atoms with Crippen LogP contribution in [0.5, 0.6) is 0 Å². The molecule has 0 spiro atoms. The fourth-order valence-corrected chi connectivity index (χ4v) is 8.15. The van der Waals surface area contributed by atoms with Crippen molar-refractivity contribution >= 4 is 14.6 Å². The van der Waals surface area contributed by atoms with Gasteiger partial charge in [-0.05, 0) is 5.92 Å². The van der Waals surface area contributed by atoms with Gasteiger partial charge >= 0.3 is 0 Å². The minimum Gasteiger partial charge on any atom is -0.0651 e. The third-order valence-electron chi connectivity index (χ3n) is 9.25. The lowest BCUT2D eigenvalue weighted by molar-refractivity contribution is 0.224. The maximum absolute atomic E-state index is 2.51. The minimum absolute atomic E-state index is 0.787. The van der Waals surface area contributed by atoms with Crippen LogP contribution in [0.3, 0.4) is 0 Å². The van der Waals surface area contributed by atoms with Gasteiger partial charge in [-0.25, -0.2) is 0 Å². The second kappa shape index (κ2) is 7.40. The van der Waals surface area contributed by atoms with Gasteiger partial charge in [-0.15, -0.1) is 0 Å². The predicted octanol–water partition coefficient (Wildman–Crippen LogP) is 6.69. The number of hydrogen-bond donors (Lipinski definition) is 0. The zero-order valence-corrected chi connectivity index (χ0v) is 16.5. The van der Waals surface area contributed by atoms with E-state index in [9.17, 15) is 0 Å². The van der Waals surface area contributed by atoms with Crippen molar-refractivity contribution in [2.75, 3.05) is 0 Å². The van der Waals surface area contributed by atoms with Crippen molar-refractivity contribution in [3.63, 3.8) is 0 Å². The van der Waals surface area contributed by atoms with Crippen LogP contribution in [0.2, 0.25) is 22.3 Å². The Morgan fingerprint density at radius 3 is 2.04 bits per heavy atom. The Balaban J connectivity index is 1.34. The lowest BCUT2D eigenvalue weighted by Crippen LogP contribution is -2.38. The molecule has 0 saturated carbocycles. The molecule has 24 heavy (non-hydrogen) atoms. The van der Waals surface area contributed by atoms with E-state index >= 15 is 0 Å². The molecular weight excluding hydrogens is 286 g/mol. The Morgan fingerprint density at radius 1 is 0.833 bits per heavy atom. The highest BCUT2D eigenvalue weighted by atomic mass is 14.4. The average Bonchev–Trinajstić information content (AvgIpc) is 2.59. The van der Waals surface area contributed by atoms with Crippen LogP contribution in [-0.4, -0.2) is 14.6 Å². The van der Waals surface area contributed by atoms with Crippen LogP contribution < -0.4 is 0 Å². The van der Waals surface area contributed by atoms with E-state index in [1.807, 2.05) is 0 Å². The van der Waals surface area contributed by atoms with E-state index in [1.54, 1.807) is 111 Å². The third kappa shape index (κ3) is 3.50. The topological polar surface area (TPSA) is 0 Å². The van der Waals surface area contributed by atoms with E-state index < -0.39 is 0 Å². The van der Waals surface area contributed by atoms with Crippen LogP contribution >= 0.6 is 0 Å². The molecule has 0 aromatic heterocycles. The fourth-order valence-electron chi connectivity index (χ4n) is 8.15. The highest BCUT2D eigenvalue weighted by Crippen LogP contribution is 2.59.